The minimum atomic E-state index is -1.02. The SMILES string of the molecule is C=CC(=O)N1C[C@H](COc2nc(Nc3cnn(CCCCCNC(=O)CN4CCN(CC(=O)O)CCN(CC(=O)O)CCN(CC(=O)O)CC4)c3)nc3[nH]cc(Cl)c23)[C@@H](OC)C1.[Lu]. The van der Waals surface area contributed by atoms with Crippen LogP contribution in [-0.2, 0) is 35.3 Å². The minimum absolute atomic E-state index is 0. The predicted octanol–water partition coefficient (Wildman–Crippen LogP) is 0.352. The summed E-state index contributed by atoms with van der Waals surface area (Å²) in [5.74, 6) is -2.95. The molecule has 5 rings (SSSR count). The molecular weight excluding hydrogens is 1010 g/mol. The van der Waals surface area contributed by atoms with Crippen molar-refractivity contribution in [2.45, 2.75) is 31.9 Å². The van der Waals surface area contributed by atoms with Crippen molar-refractivity contribution in [2.75, 3.05) is 117 Å². The van der Waals surface area contributed by atoms with E-state index in [2.05, 4.69) is 37.3 Å². The van der Waals surface area contributed by atoms with E-state index in [4.69, 9.17) is 21.1 Å². The van der Waals surface area contributed by atoms with Gasteiger partial charge in [0.2, 0.25) is 23.6 Å². The maximum atomic E-state index is 13.0. The Morgan fingerprint density at radius 3 is 2.02 bits per heavy atom. The summed E-state index contributed by atoms with van der Waals surface area (Å²) in [6.07, 6.45) is 8.53. The third-order valence-electron chi connectivity index (χ3n) is 10.7. The zero-order valence-corrected chi connectivity index (χ0v) is 37.6. The normalized spacial score (nSPS) is 18.5. The zero-order valence-electron chi connectivity index (χ0n) is 35.2. The number of carboxylic acid groups (broad SMARTS) is 3. The van der Waals surface area contributed by atoms with Crippen LogP contribution in [0, 0.1) is 42.8 Å². The van der Waals surface area contributed by atoms with Crippen LogP contribution in [0.3, 0.4) is 0 Å². The van der Waals surface area contributed by atoms with Crippen LogP contribution in [0.2, 0.25) is 5.02 Å². The number of hydrogen-bond donors (Lipinski definition) is 6. The second-order valence-electron chi connectivity index (χ2n) is 15.3. The molecule has 22 nitrogen and oxygen atoms in total. The number of nitrogens with one attached hydrogen (secondary N) is 3. The van der Waals surface area contributed by atoms with Gasteiger partial charge in [-0.1, -0.05) is 18.2 Å². The van der Waals surface area contributed by atoms with Gasteiger partial charge in [-0.05, 0) is 25.3 Å². The van der Waals surface area contributed by atoms with Crippen LogP contribution in [0.5, 0.6) is 5.88 Å². The monoisotopic (exact) mass is 1060 g/mol. The Balaban J connectivity index is 0.00000871. The van der Waals surface area contributed by atoms with E-state index in [1.54, 1.807) is 43.8 Å². The molecule has 0 bridgehead atoms. The number of aromatic nitrogens is 5. The van der Waals surface area contributed by atoms with E-state index in [0.29, 0.717) is 100 Å². The van der Waals surface area contributed by atoms with Crippen LogP contribution >= 0.6 is 11.6 Å². The van der Waals surface area contributed by atoms with Gasteiger partial charge < -0.3 is 45.3 Å². The summed E-state index contributed by atoms with van der Waals surface area (Å²) in [6.45, 7) is 7.75. The molecule has 2 aliphatic rings. The van der Waals surface area contributed by atoms with E-state index in [9.17, 15) is 39.3 Å². The number of carbonyl (C=O) groups is 5. The third-order valence-corrected chi connectivity index (χ3v) is 11.0. The molecule has 2 saturated heterocycles. The van der Waals surface area contributed by atoms with Crippen LogP contribution < -0.4 is 15.4 Å². The number of anilines is 2. The molecule has 2 atom stereocenters. The van der Waals surface area contributed by atoms with Crippen molar-refractivity contribution in [1.82, 2.24) is 54.5 Å². The maximum absolute atomic E-state index is 13.0. The van der Waals surface area contributed by atoms with E-state index in [0.717, 1.165) is 19.3 Å². The molecule has 355 valence electrons. The first-order valence-electron chi connectivity index (χ1n) is 20.5. The van der Waals surface area contributed by atoms with Gasteiger partial charge in [-0.25, -0.2) is 0 Å². The molecule has 3 aromatic rings. The number of rotatable bonds is 21. The molecule has 0 spiro atoms. The number of aliphatic carboxylic acids is 3. The minimum Gasteiger partial charge on any atom is -0.480 e. The number of ether oxygens (including phenoxy) is 2. The quantitative estimate of drug-likeness (QED) is 0.0621. The van der Waals surface area contributed by atoms with E-state index >= 15 is 0 Å². The summed E-state index contributed by atoms with van der Waals surface area (Å²) in [7, 11) is 1.60. The fraction of sp³-hybridized carbons (Fsp3) is 0.590. The Labute approximate surface area is 399 Å². The average Bonchev–Trinajstić information content (AvgIpc) is 3.96. The van der Waals surface area contributed by atoms with Crippen LogP contribution in [0.4, 0.5) is 11.6 Å². The number of likely N-dealkylation sites (tertiary alicyclic amines) is 1. The van der Waals surface area contributed by atoms with Gasteiger partial charge in [0.05, 0.1) is 61.2 Å². The van der Waals surface area contributed by atoms with Gasteiger partial charge in [-0.3, -0.25) is 48.3 Å². The summed E-state index contributed by atoms with van der Waals surface area (Å²) in [6, 6.07) is 0. The summed E-state index contributed by atoms with van der Waals surface area (Å²) in [4.78, 5) is 80.7. The molecule has 0 aliphatic carbocycles. The van der Waals surface area contributed by atoms with Crippen molar-refractivity contribution in [3.63, 3.8) is 0 Å². The maximum Gasteiger partial charge on any atom is 0.317 e. The number of carboxylic acids is 3. The van der Waals surface area contributed by atoms with Gasteiger partial charge in [-0.2, -0.15) is 15.1 Å². The molecule has 3 aromatic heterocycles. The Morgan fingerprint density at radius 2 is 1.46 bits per heavy atom. The number of aromatic amines is 1. The molecule has 63 heavy (non-hydrogen) atoms. The molecule has 24 heteroatoms. The Bertz CT molecular complexity index is 1970. The standard InChI is InChI=1S/C39H57ClN12O10.Lu/c1-3-32(54)51-19-27(30(21-51)61-2)26-62-38-36-29(40)18-42-37(36)45-39(46-38)44-28-17-43-52(20-28)8-6-4-5-7-41-31(53)22-47-9-11-48(23-33(55)56)13-15-50(25-35(59)60)16-14-49(12-10-47)24-34(57)58;/h3,17-18,20,27,30H,1,4-16,19,21-26H2,2H3,(H,41,53)(H,55,56)(H,57,58)(H,59,60)(H2,42,44,45,46);/t27-,30+;/m1./s1. The van der Waals surface area contributed by atoms with Gasteiger partial charge in [0.25, 0.3) is 0 Å². The number of unbranched alkanes of at least 4 members (excludes halogenated alkanes) is 2. The van der Waals surface area contributed by atoms with Crippen molar-refractivity contribution >= 4 is 64.0 Å². The Hall–Kier alpha value is -4.16. The third kappa shape index (κ3) is 16.7. The molecule has 2 aliphatic heterocycles. The van der Waals surface area contributed by atoms with E-state index < -0.39 is 17.9 Å². The van der Waals surface area contributed by atoms with Crippen molar-refractivity contribution in [2.24, 2.45) is 5.92 Å². The number of amides is 2. The fourth-order valence-corrected chi connectivity index (χ4v) is 7.64. The molecule has 6 N–H and O–H groups in total. The number of hydrogen-bond acceptors (Lipinski definition) is 15. The summed E-state index contributed by atoms with van der Waals surface area (Å²) in [5, 5.41) is 39.8. The van der Waals surface area contributed by atoms with Crippen LogP contribution in [0.15, 0.2) is 31.2 Å². The smallest absolute Gasteiger partial charge is 0.317 e. The van der Waals surface area contributed by atoms with Crippen LogP contribution in [-0.4, -0.2) is 212 Å². The predicted molar refractivity (Wildman–Crippen MR) is 226 cm³/mol. The molecule has 2 fully saturated rings. The second kappa shape index (κ2) is 26.0. The number of fused-ring (bicyclic) bond motifs is 1. The van der Waals surface area contributed by atoms with E-state index in [-0.39, 0.29) is 105 Å². The van der Waals surface area contributed by atoms with Gasteiger partial charge in [0.15, 0.2) is 0 Å². The molecule has 2 amide bonds. The zero-order chi connectivity index (χ0) is 44.6. The first kappa shape index (κ1) is 51.5. The Morgan fingerprint density at radius 1 is 0.873 bits per heavy atom. The summed E-state index contributed by atoms with van der Waals surface area (Å²) >= 11 is 6.46. The van der Waals surface area contributed by atoms with Gasteiger partial charge >= 0.3 is 17.9 Å². The number of nitrogens with zero attached hydrogens (tertiary/aromatic N) is 9. The molecule has 5 heterocycles. The number of halogens is 1. The number of methoxy groups -OCH3 is 1. The topological polar surface area (TPSA) is 264 Å². The fourth-order valence-electron chi connectivity index (χ4n) is 7.41. The summed E-state index contributed by atoms with van der Waals surface area (Å²) in [5.41, 5.74) is 1.14. The van der Waals surface area contributed by atoms with Crippen molar-refractivity contribution in [1.29, 1.82) is 0 Å². The van der Waals surface area contributed by atoms with Gasteiger partial charge in [0.1, 0.15) is 5.65 Å². The van der Waals surface area contributed by atoms with Crippen LogP contribution in [0.25, 0.3) is 11.0 Å². The first-order chi connectivity index (χ1) is 29.8. The average molecular weight is 1060 g/mol. The number of carbonyl (C=O) groups excluding carboxylic acids is 2. The molecule has 0 saturated carbocycles. The molecule has 0 aromatic carbocycles. The molecular formula is C39H57ClLuN12O10. The molecule has 1 radical (unpaired) electrons. The van der Waals surface area contributed by atoms with E-state index in [1.807, 2.05) is 11.1 Å². The first-order valence-corrected chi connectivity index (χ1v) is 20.9. The van der Waals surface area contributed by atoms with Gasteiger partial charge in [0, 0.05) is 141 Å². The van der Waals surface area contributed by atoms with Crippen molar-refractivity contribution in [3.8, 4) is 5.88 Å². The second-order valence-corrected chi connectivity index (χ2v) is 15.7. The van der Waals surface area contributed by atoms with Gasteiger partial charge in [-0.15, -0.1) is 0 Å². The van der Waals surface area contributed by atoms with E-state index in [1.165, 1.54) is 6.08 Å². The van der Waals surface area contributed by atoms with Crippen molar-refractivity contribution < 1.29 is 85.6 Å². The summed E-state index contributed by atoms with van der Waals surface area (Å²) < 4.78 is 13.6. The van der Waals surface area contributed by atoms with Crippen molar-refractivity contribution in [3.05, 3.63) is 36.3 Å². The number of aryl methyl sites for hydroxylation is 1. The number of H-pyrrole nitrogens is 1. The Kier molecular flexibility index (Phi) is 21.2. The molecule has 0 unspecified atom stereocenters. The largest absolute Gasteiger partial charge is 0.480 e. The van der Waals surface area contributed by atoms with Crippen LogP contribution in [0.1, 0.15) is 19.3 Å².